The molecule has 214 valence electrons. The number of hydrogen-bond acceptors (Lipinski definition) is 2. The third-order valence-electron chi connectivity index (χ3n) is 9.30. The fraction of sp³-hybridized carbons (Fsp3) is 0. The first-order chi connectivity index (χ1) is 22.9. The normalized spacial score (nSPS) is 11.5. The minimum Gasteiger partial charge on any atom is -0.265 e. The molecule has 0 saturated carbocycles. The molecule has 0 N–H and O–H groups in total. The predicted octanol–water partition coefficient (Wildman–Crippen LogP) is 11.8. The van der Waals surface area contributed by atoms with E-state index in [9.17, 15) is 0 Å². The molecular formula is C44H28N2. The van der Waals surface area contributed by atoms with E-state index in [0.717, 1.165) is 0 Å². The number of rotatable bonds is 4. The maximum Gasteiger partial charge on any atom is 0.0273 e. The van der Waals surface area contributed by atoms with Gasteiger partial charge in [-0.15, -0.1) is 0 Å². The Balaban J connectivity index is 1.37. The largest absolute Gasteiger partial charge is 0.265 e. The summed E-state index contributed by atoms with van der Waals surface area (Å²) in [5.74, 6) is 0. The molecule has 0 aliphatic carbocycles. The first-order valence-electron chi connectivity index (χ1n) is 15.7. The molecule has 2 nitrogen and oxygen atoms in total. The van der Waals surface area contributed by atoms with Crippen LogP contribution >= 0.6 is 0 Å². The molecular weight excluding hydrogens is 556 g/mol. The topological polar surface area (TPSA) is 25.8 Å². The molecule has 0 spiro atoms. The molecule has 7 aromatic carbocycles. The van der Waals surface area contributed by atoms with E-state index in [1.165, 1.54) is 87.6 Å². The Bertz CT molecular complexity index is 2330. The highest BCUT2D eigenvalue weighted by atomic mass is 14.6. The lowest BCUT2D eigenvalue weighted by molar-refractivity contribution is 1.33. The van der Waals surface area contributed by atoms with Gasteiger partial charge in [0.15, 0.2) is 0 Å². The van der Waals surface area contributed by atoms with Gasteiger partial charge in [-0.1, -0.05) is 121 Å². The molecule has 0 aliphatic rings. The zero-order valence-corrected chi connectivity index (χ0v) is 25.1. The molecule has 0 aliphatic heterocycles. The third kappa shape index (κ3) is 4.12. The van der Waals surface area contributed by atoms with Crippen LogP contribution in [0.1, 0.15) is 0 Å². The van der Waals surface area contributed by atoms with Gasteiger partial charge in [0, 0.05) is 24.8 Å². The minimum absolute atomic E-state index is 1.17. The monoisotopic (exact) mass is 584 g/mol. The Morgan fingerprint density at radius 1 is 0.239 bits per heavy atom. The number of fused-ring (bicyclic) bond motifs is 4. The van der Waals surface area contributed by atoms with Crippen molar-refractivity contribution in [2.24, 2.45) is 0 Å². The average molecular weight is 585 g/mol. The summed E-state index contributed by atoms with van der Waals surface area (Å²) in [4.78, 5) is 8.51. The lowest BCUT2D eigenvalue weighted by Gasteiger charge is -2.21. The van der Waals surface area contributed by atoms with Crippen LogP contribution in [-0.4, -0.2) is 9.97 Å². The second-order valence-electron chi connectivity index (χ2n) is 11.7. The Morgan fingerprint density at radius 2 is 0.500 bits per heavy atom. The van der Waals surface area contributed by atoms with Crippen molar-refractivity contribution in [2.75, 3.05) is 0 Å². The fourth-order valence-electron chi connectivity index (χ4n) is 7.31. The van der Waals surface area contributed by atoms with Crippen LogP contribution in [0.2, 0.25) is 0 Å². The number of nitrogens with zero attached hydrogens (tertiary/aromatic N) is 2. The number of hydrogen-bond donors (Lipinski definition) is 0. The van der Waals surface area contributed by atoms with Crippen molar-refractivity contribution in [3.63, 3.8) is 0 Å². The molecule has 0 atom stereocenters. The van der Waals surface area contributed by atoms with Crippen molar-refractivity contribution in [1.82, 2.24) is 9.97 Å². The molecule has 2 heteroatoms. The Hall–Kier alpha value is -6.12. The van der Waals surface area contributed by atoms with Gasteiger partial charge in [0.05, 0.1) is 0 Å². The predicted molar refractivity (Wildman–Crippen MR) is 194 cm³/mol. The number of aromatic nitrogens is 2. The Kier molecular flexibility index (Phi) is 6.17. The van der Waals surface area contributed by atoms with Crippen LogP contribution in [-0.2, 0) is 0 Å². The van der Waals surface area contributed by atoms with Gasteiger partial charge in [0.25, 0.3) is 0 Å². The van der Waals surface area contributed by atoms with Crippen molar-refractivity contribution in [1.29, 1.82) is 0 Å². The average Bonchev–Trinajstić information content (AvgIpc) is 3.14. The van der Waals surface area contributed by atoms with Gasteiger partial charge in [0.2, 0.25) is 0 Å². The highest BCUT2D eigenvalue weighted by Gasteiger charge is 2.20. The van der Waals surface area contributed by atoms with E-state index in [2.05, 4.69) is 156 Å². The van der Waals surface area contributed by atoms with Gasteiger partial charge in [-0.25, -0.2) is 0 Å². The Morgan fingerprint density at radius 3 is 0.826 bits per heavy atom. The lowest BCUT2D eigenvalue weighted by Crippen LogP contribution is -1.93. The van der Waals surface area contributed by atoms with E-state index in [-0.39, 0.29) is 0 Å². The standard InChI is InChI=1S/C44H28N2/c1-3-11-35-33(9-1)31(29-21-25-45-26-22-29)17-19-41(35)43-37-13-5-7-15-39(37)44(40-16-8-6-14-38(40)43)42-20-18-32(30-23-27-46-28-24-30)34-10-2-4-12-36(34)42/h1-28H. The first-order valence-corrected chi connectivity index (χ1v) is 15.7. The maximum atomic E-state index is 4.25. The summed E-state index contributed by atoms with van der Waals surface area (Å²) in [5.41, 5.74) is 9.79. The van der Waals surface area contributed by atoms with Crippen molar-refractivity contribution < 1.29 is 0 Å². The lowest BCUT2D eigenvalue weighted by atomic mass is 9.82. The first kappa shape index (κ1) is 26.3. The van der Waals surface area contributed by atoms with Gasteiger partial charge in [-0.05, 0) is 112 Å². The molecule has 0 fully saturated rings. The van der Waals surface area contributed by atoms with E-state index in [0.29, 0.717) is 0 Å². The maximum absolute atomic E-state index is 4.25. The van der Waals surface area contributed by atoms with E-state index >= 15 is 0 Å². The van der Waals surface area contributed by atoms with Crippen LogP contribution in [0.5, 0.6) is 0 Å². The molecule has 2 heterocycles. The summed E-state index contributed by atoms with van der Waals surface area (Å²) in [6, 6.07) is 52.9. The highest BCUT2D eigenvalue weighted by Crippen LogP contribution is 2.48. The van der Waals surface area contributed by atoms with E-state index in [1.54, 1.807) is 0 Å². The smallest absolute Gasteiger partial charge is 0.0273 e. The highest BCUT2D eigenvalue weighted by molar-refractivity contribution is 6.26. The summed E-state index contributed by atoms with van der Waals surface area (Å²) in [5, 5.41) is 9.96. The van der Waals surface area contributed by atoms with Gasteiger partial charge >= 0.3 is 0 Å². The van der Waals surface area contributed by atoms with Gasteiger partial charge < -0.3 is 0 Å². The van der Waals surface area contributed by atoms with Crippen LogP contribution in [0.3, 0.4) is 0 Å². The molecule has 0 saturated heterocycles. The van der Waals surface area contributed by atoms with E-state index in [1.807, 2.05) is 24.8 Å². The molecule has 2 aromatic heterocycles. The van der Waals surface area contributed by atoms with Crippen LogP contribution < -0.4 is 0 Å². The molecule has 9 rings (SSSR count). The number of pyridine rings is 2. The van der Waals surface area contributed by atoms with Crippen LogP contribution in [0.25, 0.3) is 87.6 Å². The molecule has 0 amide bonds. The second-order valence-corrected chi connectivity index (χ2v) is 11.7. The minimum atomic E-state index is 1.17. The van der Waals surface area contributed by atoms with Gasteiger partial charge in [0.1, 0.15) is 0 Å². The summed E-state index contributed by atoms with van der Waals surface area (Å²) in [6.45, 7) is 0. The Labute approximate surface area is 267 Å². The SMILES string of the molecule is c1ccc2c(-c3c4ccccc4c(-c4ccc(-c5ccncc5)c5ccccc45)c4ccccc34)ccc(-c3ccncc3)c2c1. The molecule has 0 unspecified atom stereocenters. The summed E-state index contributed by atoms with van der Waals surface area (Å²) < 4.78 is 0. The van der Waals surface area contributed by atoms with Gasteiger partial charge in [-0.2, -0.15) is 0 Å². The van der Waals surface area contributed by atoms with Crippen molar-refractivity contribution >= 4 is 43.1 Å². The van der Waals surface area contributed by atoms with Gasteiger partial charge in [-0.3, -0.25) is 9.97 Å². The van der Waals surface area contributed by atoms with Crippen LogP contribution in [0.4, 0.5) is 0 Å². The molecule has 0 bridgehead atoms. The van der Waals surface area contributed by atoms with Crippen molar-refractivity contribution in [3.8, 4) is 44.5 Å². The zero-order chi connectivity index (χ0) is 30.5. The molecule has 46 heavy (non-hydrogen) atoms. The quantitative estimate of drug-likeness (QED) is 0.192. The van der Waals surface area contributed by atoms with Crippen molar-refractivity contribution in [3.05, 3.63) is 170 Å². The molecule has 0 radical (unpaired) electrons. The number of benzene rings is 7. The summed E-state index contributed by atoms with van der Waals surface area (Å²) in [6.07, 6.45) is 7.46. The fourth-order valence-corrected chi connectivity index (χ4v) is 7.31. The van der Waals surface area contributed by atoms with E-state index in [4.69, 9.17) is 0 Å². The summed E-state index contributed by atoms with van der Waals surface area (Å²) >= 11 is 0. The second kappa shape index (κ2) is 10.8. The third-order valence-corrected chi connectivity index (χ3v) is 9.30. The van der Waals surface area contributed by atoms with E-state index < -0.39 is 0 Å². The van der Waals surface area contributed by atoms with Crippen LogP contribution in [0.15, 0.2) is 170 Å². The van der Waals surface area contributed by atoms with Crippen LogP contribution in [0, 0.1) is 0 Å². The molecule has 9 aromatic rings. The summed E-state index contributed by atoms with van der Waals surface area (Å²) in [7, 11) is 0. The van der Waals surface area contributed by atoms with Crippen molar-refractivity contribution in [2.45, 2.75) is 0 Å². The zero-order valence-electron chi connectivity index (χ0n) is 25.1.